The highest BCUT2D eigenvalue weighted by Gasteiger charge is 2.12. The van der Waals surface area contributed by atoms with Crippen LogP contribution in [0.3, 0.4) is 0 Å². The smallest absolute Gasteiger partial charge is 0.161 e. The molecular weight excluding hydrogens is 349 g/mol. The number of nitrogens with one attached hydrogen (secondary N) is 1. The number of hydrogen-bond donors (Lipinski definition) is 2. The van der Waals surface area contributed by atoms with Gasteiger partial charge in [-0.25, -0.2) is 9.37 Å². The van der Waals surface area contributed by atoms with Crippen molar-refractivity contribution in [3.63, 3.8) is 0 Å². The van der Waals surface area contributed by atoms with Gasteiger partial charge in [-0.05, 0) is 35.0 Å². The number of halogens is 2. The molecule has 0 amide bonds. The lowest BCUT2D eigenvalue weighted by Crippen LogP contribution is -2.11. The van der Waals surface area contributed by atoms with Gasteiger partial charge in [0.05, 0.1) is 21.7 Å². The molecular formula is C12H11BrFN3S2. The fourth-order valence-corrected chi connectivity index (χ4v) is 3.14. The summed E-state index contributed by atoms with van der Waals surface area (Å²) < 4.78 is 14.4. The molecule has 3 nitrogen and oxygen atoms in total. The molecule has 0 bridgehead atoms. The summed E-state index contributed by atoms with van der Waals surface area (Å²) in [6.07, 6.45) is 1.78. The molecule has 1 aromatic carbocycles. The fraction of sp³-hybridized carbons (Fsp3) is 0.167. The largest absolute Gasteiger partial charge is 0.389 e. The second-order valence-electron chi connectivity index (χ2n) is 3.85. The van der Waals surface area contributed by atoms with Crippen LogP contribution in [0.25, 0.3) is 0 Å². The van der Waals surface area contributed by atoms with Gasteiger partial charge in [0.1, 0.15) is 4.99 Å². The highest BCUT2D eigenvalue weighted by Crippen LogP contribution is 2.27. The Hall–Kier alpha value is -1.05. The molecule has 0 fully saturated rings. The van der Waals surface area contributed by atoms with Crippen molar-refractivity contribution in [2.45, 2.75) is 13.5 Å². The SMILES string of the molecule is Cc1ncc(CNc2ccc(C(N)=S)c(Br)c2F)s1. The number of thiazole rings is 1. The lowest BCUT2D eigenvalue weighted by molar-refractivity contribution is 0.623. The molecule has 0 spiro atoms. The molecule has 0 saturated heterocycles. The number of nitrogens with two attached hydrogens (primary N) is 1. The van der Waals surface area contributed by atoms with Crippen molar-refractivity contribution in [3.05, 3.63) is 44.1 Å². The zero-order chi connectivity index (χ0) is 14.0. The van der Waals surface area contributed by atoms with Crippen LogP contribution in [0.5, 0.6) is 0 Å². The average Bonchev–Trinajstić information content (AvgIpc) is 2.76. The first-order chi connectivity index (χ1) is 8.99. The topological polar surface area (TPSA) is 50.9 Å². The van der Waals surface area contributed by atoms with Crippen molar-refractivity contribution >= 4 is 50.2 Å². The molecule has 0 unspecified atom stereocenters. The summed E-state index contributed by atoms with van der Waals surface area (Å²) in [4.78, 5) is 5.36. The summed E-state index contributed by atoms with van der Waals surface area (Å²) in [7, 11) is 0. The standard InChI is InChI=1S/C12H11BrFN3S2/c1-6-16-4-7(19-6)5-17-9-3-2-8(12(15)18)10(13)11(9)14/h2-4,17H,5H2,1H3,(H2,15,18). The van der Waals surface area contributed by atoms with Crippen molar-refractivity contribution in [2.75, 3.05) is 5.32 Å². The summed E-state index contributed by atoms with van der Waals surface area (Å²) >= 11 is 9.60. The van der Waals surface area contributed by atoms with Gasteiger partial charge in [-0.2, -0.15) is 0 Å². The zero-order valence-electron chi connectivity index (χ0n) is 10.0. The molecule has 3 N–H and O–H groups in total. The second kappa shape index (κ2) is 5.94. The van der Waals surface area contributed by atoms with E-state index >= 15 is 0 Å². The highest BCUT2D eigenvalue weighted by atomic mass is 79.9. The quantitative estimate of drug-likeness (QED) is 0.818. The first-order valence-corrected chi connectivity index (χ1v) is 7.44. The summed E-state index contributed by atoms with van der Waals surface area (Å²) in [5.41, 5.74) is 6.40. The monoisotopic (exact) mass is 359 g/mol. The fourth-order valence-electron chi connectivity index (χ4n) is 1.55. The van der Waals surface area contributed by atoms with Crippen LogP contribution in [0, 0.1) is 12.7 Å². The zero-order valence-corrected chi connectivity index (χ0v) is 13.3. The van der Waals surface area contributed by atoms with Gasteiger partial charge in [0.15, 0.2) is 5.82 Å². The van der Waals surface area contributed by atoms with Gasteiger partial charge >= 0.3 is 0 Å². The number of hydrogen-bond acceptors (Lipinski definition) is 4. The molecule has 0 aliphatic carbocycles. The molecule has 0 aliphatic rings. The predicted octanol–water partition coefficient (Wildman–Crippen LogP) is 3.60. The maximum atomic E-state index is 14.1. The van der Waals surface area contributed by atoms with Crippen LogP contribution in [0.4, 0.5) is 10.1 Å². The van der Waals surface area contributed by atoms with Gasteiger partial charge in [0.25, 0.3) is 0 Å². The Bertz CT molecular complexity index is 627. The van der Waals surface area contributed by atoms with Crippen molar-refractivity contribution in [2.24, 2.45) is 5.73 Å². The first kappa shape index (κ1) is 14.4. The van der Waals surface area contributed by atoms with Gasteiger partial charge in [0, 0.05) is 16.6 Å². The van der Waals surface area contributed by atoms with E-state index in [0.29, 0.717) is 17.8 Å². The van der Waals surface area contributed by atoms with Crippen LogP contribution < -0.4 is 11.1 Å². The van der Waals surface area contributed by atoms with E-state index in [2.05, 4.69) is 26.2 Å². The minimum absolute atomic E-state index is 0.162. The molecule has 0 radical (unpaired) electrons. The van der Waals surface area contributed by atoms with Gasteiger partial charge in [0.2, 0.25) is 0 Å². The maximum Gasteiger partial charge on any atom is 0.161 e. The molecule has 2 rings (SSSR count). The summed E-state index contributed by atoms with van der Waals surface area (Å²) in [6, 6.07) is 3.32. The number of aryl methyl sites for hydroxylation is 1. The number of benzene rings is 1. The molecule has 2 aromatic rings. The van der Waals surface area contributed by atoms with Crippen LogP contribution in [0.2, 0.25) is 0 Å². The van der Waals surface area contributed by atoms with E-state index in [1.54, 1.807) is 29.7 Å². The van der Waals surface area contributed by atoms with Gasteiger partial charge in [-0.15, -0.1) is 11.3 Å². The molecule has 1 aromatic heterocycles. The number of anilines is 1. The molecule has 1 heterocycles. The normalized spacial score (nSPS) is 10.5. The highest BCUT2D eigenvalue weighted by molar-refractivity contribution is 9.10. The Balaban J connectivity index is 2.17. The maximum absolute atomic E-state index is 14.1. The van der Waals surface area contributed by atoms with Crippen molar-refractivity contribution < 1.29 is 4.39 Å². The van der Waals surface area contributed by atoms with Crippen molar-refractivity contribution in [3.8, 4) is 0 Å². The predicted molar refractivity (Wildman–Crippen MR) is 84.2 cm³/mol. The van der Waals surface area contributed by atoms with Crippen LogP contribution in [0.15, 0.2) is 22.8 Å². The average molecular weight is 360 g/mol. The van der Waals surface area contributed by atoms with Gasteiger partial charge in [-0.1, -0.05) is 12.2 Å². The van der Waals surface area contributed by atoms with E-state index in [1.165, 1.54) is 0 Å². The summed E-state index contributed by atoms with van der Waals surface area (Å²) in [6.45, 7) is 2.46. The summed E-state index contributed by atoms with van der Waals surface area (Å²) in [5, 5.41) is 4.02. The lowest BCUT2D eigenvalue weighted by atomic mass is 10.2. The van der Waals surface area contributed by atoms with E-state index in [0.717, 1.165) is 9.88 Å². The van der Waals surface area contributed by atoms with E-state index in [9.17, 15) is 4.39 Å². The molecule has 0 atom stereocenters. The van der Waals surface area contributed by atoms with Crippen LogP contribution in [0.1, 0.15) is 15.4 Å². The van der Waals surface area contributed by atoms with E-state index < -0.39 is 5.82 Å². The van der Waals surface area contributed by atoms with E-state index in [1.807, 2.05) is 6.92 Å². The summed E-state index contributed by atoms with van der Waals surface area (Å²) in [5.74, 6) is -0.397. The lowest BCUT2D eigenvalue weighted by Gasteiger charge is -2.10. The third kappa shape index (κ3) is 3.29. The minimum Gasteiger partial charge on any atom is -0.389 e. The molecule has 19 heavy (non-hydrogen) atoms. The number of aromatic nitrogens is 1. The van der Waals surface area contributed by atoms with Crippen LogP contribution in [-0.2, 0) is 6.54 Å². The molecule has 0 saturated carbocycles. The molecule has 7 heteroatoms. The van der Waals surface area contributed by atoms with Crippen LogP contribution in [-0.4, -0.2) is 9.97 Å². The molecule has 100 valence electrons. The van der Waals surface area contributed by atoms with Crippen molar-refractivity contribution in [1.82, 2.24) is 4.98 Å². The number of rotatable bonds is 4. The Morgan fingerprint density at radius 2 is 2.32 bits per heavy atom. The Morgan fingerprint density at radius 1 is 1.58 bits per heavy atom. The second-order valence-corrected chi connectivity index (χ2v) is 6.40. The van der Waals surface area contributed by atoms with E-state index in [-0.39, 0.29) is 9.46 Å². The Labute approximate surface area is 128 Å². The number of nitrogens with zero attached hydrogens (tertiary/aromatic N) is 1. The first-order valence-electron chi connectivity index (χ1n) is 5.42. The van der Waals surface area contributed by atoms with Crippen molar-refractivity contribution in [1.29, 1.82) is 0 Å². The van der Waals surface area contributed by atoms with Crippen LogP contribution >= 0.6 is 39.5 Å². The van der Waals surface area contributed by atoms with Gasteiger partial charge in [-0.3, -0.25) is 0 Å². The number of thiocarbonyl (C=S) groups is 1. The minimum atomic E-state index is -0.397. The Kier molecular flexibility index (Phi) is 4.49. The molecule has 0 aliphatic heterocycles. The Morgan fingerprint density at radius 3 is 2.89 bits per heavy atom. The third-order valence-electron chi connectivity index (χ3n) is 2.47. The van der Waals surface area contributed by atoms with E-state index in [4.69, 9.17) is 18.0 Å². The third-order valence-corrected chi connectivity index (χ3v) is 4.38. The van der Waals surface area contributed by atoms with Gasteiger partial charge < -0.3 is 11.1 Å².